The van der Waals surface area contributed by atoms with Crippen LogP contribution in [0.3, 0.4) is 0 Å². The predicted molar refractivity (Wildman–Crippen MR) is 104 cm³/mol. The molecule has 3 nitrogen and oxygen atoms in total. The molecular formula is C23H24N2O. The van der Waals surface area contributed by atoms with E-state index < -0.39 is 5.41 Å². The Balaban J connectivity index is 1.78. The number of carbonyl (C=O) groups excluding carboxylic acids is 1. The summed E-state index contributed by atoms with van der Waals surface area (Å²) in [6.45, 7) is 2.09. The summed E-state index contributed by atoms with van der Waals surface area (Å²) >= 11 is 0. The second-order valence-electron chi connectivity index (χ2n) is 6.98. The molecule has 3 aromatic rings. The van der Waals surface area contributed by atoms with Gasteiger partial charge in [-0.2, -0.15) is 0 Å². The Morgan fingerprint density at radius 1 is 0.808 bits per heavy atom. The maximum atomic E-state index is 13.3. The second-order valence-corrected chi connectivity index (χ2v) is 6.98. The van der Waals surface area contributed by atoms with E-state index in [0.29, 0.717) is 0 Å². The minimum atomic E-state index is -0.424. The fourth-order valence-electron chi connectivity index (χ4n) is 3.22. The highest BCUT2D eigenvalue weighted by molar-refractivity contribution is 6.00. The Hall–Kier alpha value is -2.81. The minimum Gasteiger partial charge on any atom is -0.294 e. The third-order valence-electron chi connectivity index (χ3n) is 4.96. The van der Waals surface area contributed by atoms with Crippen molar-refractivity contribution in [1.82, 2.24) is 9.97 Å². The first-order valence-electron chi connectivity index (χ1n) is 9.05. The van der Waals surface area contributed by atoms with Crippen molar-refractivity contribution in [2.75, 3.05) is 0 Å². The number of pyridine rings is 2. The monoisotopic (exact) mass is 344 g/mol. The molecule has 0 aliphatic carbocycles. The van der Waals surface area contributed by atoms with Crippen LogP contribution in [0, 0.1) is 5.41 Å². The number of Topliss-reactive ketones (excluding diaryl/α,β-unsaturated/α-hetero) is 1. The summed E-state index contributed by atoms with van der Waals surface area (Å²) in [6.07, 6.45) is 10.6. The maximum absolute atomic E-state index is 13.3. The number of nitrogens with zero attached hydrogens (tertiary/aromatic N) is 2. The third-order valence-corrected chi connectivity index (χ3v) is 4.96. The lowest BCUT2D eigenvalue weighted by molar-refractivity contribution is 0.0788. The lowest BCUT2D eigenvalue weighted by Crippen LogP contribution is -2.29. The Bertz CT molecular complexity index is 773. The van der Waals surface area contributed by atoms with Gasteiger partial charge in [0, 0.05) is 35.8 Å². The normalized spacial score (nSPS) is 11.3. The molecule has 0 fully saturated rings. The number of ketones is 1. The Morgan fingerprint density at radius 3 is 1.81 bits per heavy atom. The first kappa shape index (κ1) is 18.0. The van der Waals surface area contributed by atoms with Crippen LogP contribution < -0.4 is 0 Å². The zero-order valence-corrected chi connectivity index (χ0v) is 15.1. The van der Waals surface area contributed by atoms with Crippen molar-refractivity contribution in [3.05, 3.63) is 96.1 Å². The van der Waals surface area contributed by atoms with Crippen molar-refractivity contribution >= 4 is 5.78 Å². The highest BCUT2D eigenvalue weighted by Crippen LogP contribution is 2.33. The topological polar surface area (TPSA) is 42.9 Å². The fraction of sp³-hybridized carbons (Fsp3) is 0.261. The fourth-order valence-corrected chi connectivity index (χ4v) is 3.22. The summed E-state index contributed by atoms with van der Waals surface area (Å²) in [5.74, 6) is 0.214. The van der Waals surface area contributed by atoms with E-state index in [1.165, 1.54) is 11.1 Å². The molecule has 2 heterocycles. The first-order valence-corrected chi connectivity index (χ1v) is 9.05. The zero-order valence-electron chi connectivity index (χ0n) is 15.1. The van der Waals surface area contributed by atoms with Gasteiger partial charge in [-0.15, -0.1) is 0 Å². The molecule has 0 atom stereocenters. The summed E-state index contributed by atoms with van der Waals surface area (Å²) in [6, 6.07) is 17.7. The summed E-state index contributed by atoms with van der Waals surface area (Å²) in [7, 11) is 0. The number of aryl methyl sites for hydroxylation is 2. The molecule has 0 unspecified atom stereocenters. The lowest BCUT2D eigenvalue weighted by atomic mass is 9.74. The van der Waals surface area contributed by atoms with E-state index >= 15 is 0 Å². The Morgan fingerprint density at radius 2 is 1.35 bits per heavy atom. The van der Waals surface area contributed by atoms with Crippen LogP contribution in [0.1, 0.15) is 41.3 Å². The van der Waals surface area contributed by atoms with Gasteiger partial charge in [0.25, 0.3) is 0 Å². The molecule has 0 spiro atoms. The number of hydrogen-bond donors (Lipinski definition) is 0. The van der Waals surface area contributed by atoms with Gasteiger partial charge in [-0.25, -0.2) is 0 Å². The molecule has 0 N–H and O–H groups in total. The highest BCUT2D eigenvalue weighted by atomic mass is 16.1. The van der Waals surface area contributed by atoms with Gasteiger partial charge in [-0.1, -0.05) is 49.4 Å². The molecule has 0 aliphatic rings. The molecule has 2 aromatic heterocycles. The number of rotatable bonds is 8. The van der Waals surface area contributed by atoms with Crippen LogP contribution in [-0.4, -0.2) is 15.8 Å². The van der Waals surface area contributed by atoms with Gasteiger partial charge in [0.05, 0.1) is 0 Å². The van der Waals surface area contributed by atoms with E-state index in [1.807, 2.05) is 54.9 Å². The summed E-state index contributed by atoms with van der Waals surface area (Å²) < 4.78 is 0. The zero-order chi connectivity index (χ0) is 18.2. The smallest absolute Gasteiger partial charge is 0.168 e. The molecular weight excluding hydrogens is 320 g/mol. The highest BCUT2D eigenvalue weighted by Gasteiger charge is 2.33. The molecule has 0 radical (unpaired) electrons. The van der Waals surface area contributed by atoms with E-state index in [-0.39, 0.29) is 5.78 Å². The Kier molecular flexibility index (Phi) is 5.90. The second kappa shape index (κ2) is 8.52. The summed E-state index contributed by atoms with van der Waals surface area (Å²) in [5, 5.41) is 0. The van der Waals surface area contributed by atoms with Crippen molar-refractivity contribution in [2.45, 2.75) is 32.6 Å². The quantitative estimate of drug-likeness (QED) is 0.544. The van der Waals surface area contributed by atoms with Crippen LogP contribution in [0.5, 0.6) is 0 Å². The standard InChI is InChI=1S/C23H24N2O/c1-23(13-11-19-7-5-15-24-17-19,14-12-20-8-6-16-25-18-20)22(26)21-9-3-2-4-10-21/h2-10,15-18H,11-14H2,1H3. The molecule has 0 bridgehead atoms. The summed E-state index contributed by atoms with van der Waals surface area (Å²) in [5.41, 5.74) is 2.70. The van der Waals surface area contributed by atoms with Gasteiger partial charge in [0.1, 0.15) is 0 Å². The average molecular weight is 344 g/mol. The van der Waals surface area contributed by atoms with Crippen LogP contribution in [0.15, 0.2) is 79.4 Å². The molecule has 26 heavy (non-hydrogen) atoms. The van der Waals surface area contributed by atoms with Crippen LogP contribution in [0.2, 0.25) is 0 Å². The third kappa shape index (κ3) is 4.63. The van der Waals surface area contributed by atoms with Gasteiger partial charge < -0.3 is 0 Å². The first-order chi connectivity index (χ1) is 12.7. The van der Waals surface area contributed by atoms with Crippen molar-refractivity contribution in [3.8, 4) is 0 Å². The molecule has 132 valence electrons. The largest absolute Gasteiger partial charge is 0.294 e. The summed E-state index contributed by atoms with van der Waals surface area (Å²) in [4.78, 5) is 21.7. The van der Waals surface area contributed by atoms with E-state index in [4.69, 9.17) is 0 Å². The van der Waals surface area contributed by atoms with Crippen LogP contribution in [0.4, 0.5) is 0 Å². The SMILES string of the molecule is CC(CCc1cccnc1)(CCc1cccnc1)C(=O)c1ccccc1. The molecule has 0 saturated heterocycles. The molecule has 0 aliphatic heterocycles. The average Bonchev–Trinajstić information content (AvgIpc) is 2.72. The molecule has 3 rings (SSSR count). The van der Waals surface area contributed by atoms with Crippen molar-refractivity contribution in [2.24, 2.45) is 5.41 Å². The number of hydrogen-bond acceptors (Lipinski definition) is 3. The van der Waals surface area contributed by atoms with Gasteiger partial charge in [-0.3, -0.25) is 14.8 Å². The van der Waals surface area contributed by atoms with Crippen LogP contribution in [0.25, 0.3) is 0 Å². The van der Waals surface area contributed by atoms with E-state index in [9.17, 15) is 4.79 Å². The van der Waals surface area contributed by atoms with Gasteiger partial charge >= 0.3 is 0 Å². The van der Waals surface area contributed by atoms with Gasteiger partial charge in [-0.05, 0) is 48.9 Å². The maximum Gasteiger partial charge on any atom is 0.168 e. The molecule has 0 amide bonds. The van der Waals surface area contributed by atoms with E-state index in [0.717, 1.165) is 31.2 Å². The number of benzene rings is 1. The Labute approximate surface area is 155 Å². The van der Waals surface area contributed by atoms with Gasteiger partial charge in [0.2, 0.25) is 0 Å². The number of aromatic nitrogens is 2. The van der Waals surface area contributed by atoms with Crippen molar-refractivity contribution in [3.63, 3.8) is 0 Å². The lowest BCUT2D eigenvalue weighted by Gasteiger charge is -2.28. The van der Waals surface area contributed by atoms with E-state index in [2.05, 4.69) is 29.0 Å². The molecule has 1 aromatic carbocycles. The van der Waals surface area contributed by atoms with Crippen LogP contribution in [-0.2, 0) is 12.8 Å². The molecule has 3 heteroatoms. The predicted octanol–water partition coefficient (Wildman–Crippen LogP) is 4.93. The van der Waals surface area contributed by atoms with Crippen molar-refractivity contribution in [1.29, 1.82) is 0 Å². The number of carbonyl (C=O) groups is 1. The molecule has 0 saturated carbocycles. The minimum absolute atomic E-state index is 0.214. The van der Waals surface area contributed by atoms with E-state index in [1.54, 1.807) is 12.4 Å². The van der Waals surface area contributed by atoms with Crippen LogP contribution >= 0.6 is 0 Å². The van der Waals surface area contributed by atoms with Crippen molar-refractivity contribution < 1.29 is 4.79 Å². The van der Waals surface area contributed by atoms with Gasteiger partial charge in [0.15, 0.2) is 5.78 Å².